The lowest BCUT2D eigenvalue weighted by Gasteiger charge is -2.39. The minimum absolute atomic E-state index is 0.0484. The lowest BCUT2D eigenvalue weighted by atomic mass is 9.82. The van der Waals surface area contributed by atoms with Crippen LogP contribution in [0.3, 0.4) is 0 Å². The topological polar surface area (TPSA) is 63.3 Å². The highest BCUT2D eigenvalue weighted by Gasteiger charge is 2.46. The molecule has 0 aromatic carbocycles. The van der Waals surface area contributed by atoms with E-state index in [1.165, 1.54) is 0 Å². The third-order valence-corrected chi connectivity index (χ3v) is 5.42. The lowest BCUT2D eigenvalue weighted by molar-refractivity contribution is -0.121. The molecule has 0 bridgehead atoms. The van der Waals surface area contributed by atoms with E-state index in [2.05, 4.69) is 21.4 Å². The molecule has 0 aliphatic carbocycles. The maximum absolute atomic E-state index is 12.5. The smallest absolute Gasteiger partial charge is 0.228 e. The van der Waals surface area contributed by atoms with E-state index >= 15 is 0 Å². The van der Waals surface area contributed by atoms with Gasteiger partial charge in [0.1, 0.15) is 11.5 Å². The summed E-state index contributed by atoms with van der Waals surface area (Å²) in [7, 11) is 1.89. The van der Waals surface area contributed by atoms with E-state index in [1.54, 1.807) is 4.68 Å². The predicted molar refractivity (Wildman–Crippen MR) is 89.4 cm³/mol. The second-order valence-corrected chi connectivity index (χ2v) is 7.26. The fraction of sp³-hybridized carbons (Fsp3) is 0.556. The second-order valence-electron chi connectivity index (χ2n) is 7.26. The Kier molecular flexibility index (Phi) is 3.72. The summed E-state index contributed by atoms with van der Waals surface area (Å²) < 4.78 is 7.44. The SMILES string of the molecule is Cc1ccc(CN2CCC3(CC2)CC(c2cnn(C)c2)C(=O)N3)o1. The highest BCUT2D eigenvalue weighted by Crippen LogP contribution is 2.39. The number of carbonyl (C=O) groups is 1. The van der Waals surface area contributed by atoms with Crippen LogP contribution in [0.25, 0.3) is 0 Å². The summed E-state index contributed by atoms with van der Waals surface area (Å²) in [5, 5.41) is 7.50. The molecular formula is C18H24N4O2. The standard InChI is InChI=1S/C18H24N4O2/c1-13-3-4-15(24-13)12-22-7-5-18(6-8-22)9-16(17(23)20-18)14-10-19-21(2)11-14/h3-4,10-11,16H,5-9,12H2,1-2H3,(H,20,23). The van der Waals surface area contributed by atoms with Crippen molar-refractivity contribution in [2.45, 2.75) is 44.2 Å². The predicted octanol–water partition coefficient (Wildman–Crippen LogP) is 1.96. The first-order valence-electron chi connectivity index (χ1n) is 8.61. The highest BCUT2D eigenvalue weighted by atomic mass is 16.3. The van der Waals surface area contributed by atoms with Crippen LogP contribution in [0, 0.1) is 6.92 Å². The van der Waals surface area contributed by atoms with Gasteiger partial charge in [-0.15, -0.1) is 0 Å². The van der Waals surface area contributed by atoms with Crippen LogP contribution >= 0.6 is 0 Å². The molecule has 1 amide bonds. The van der Waals surface area contributed by atoms with Gasteiger partial charge < -0.3 is 9.73 Å². The first-order valence-corrected chi connectivity index (χ1v) is 8.61. The van der Waals surface area contributed by atoms with Crippen molar-refractivity contribution >= 4 is 5.91 Å². The number of aromatic nitrogens is 2. The quantitative estimate of drug-likeness (QED) is 0.935. The van der Waals surface area contributed by atoms with Gasteiger partial charge in [-0.05, 0) is 38.3 Å². The maximum atomic E-state index is 12.5. The zero-order valence-electron chi connectivity index (χ0n) is 14.3. The summed E-state index contributed by atoms with van der Waals surface area (Å²) in [5.41, 5.74) is 0.980. The Hall–Kier alpha value is -2.08. The molecule has 4 rings (SSSR count). The first kappa shape index (κ1) is 15.4. The molecule has 1 unspecified atom stereocenters. The molecule has 6 nitrogen and oxygen atoms in total. The van der Waals surface area contributed by atoms with Gasteiger partial charge in [-0.3, -0.25) is 14.4 Å². The number of likely N-dealkylation sites (tertiary alicyclic amines) is 1. The van der Waals surface area contributed by atoms with Crippen molar-refractivity contribution in [1.82, 2.24) is 20.0 Å². The van der Waals surface area contributed by atoms with Gasteiger partial charge in [0.15, 0.2) is 0 Å². The summed E-state index contributed by atoms with van der Waals surface area (Å²) in [5.74, 6) is 2.07. The molecule has 2 aromatic heterocycles. The highest BCUT2D eigenvalue weighted by molar-refractivity contribution is 5.87. The third-order valence-electron chi connectivity index (χ3n) is 5.42. The Morgan fingerprint density at radius 1 is 1.38 bits per heavy atom. The first-order chi connectivity index (χ1) is 11.5. The molecule has 4 heterocycles. The number of hydrogen-bond acceptors (Lipinski definition) is 4. The number of aryl methyl sites for hydroxylation is 2. The van der Waals surface area contributed by atoms with E-state index in [0.717, 1.165) is 56.0 Å². The molecule has 2 aliphatic heterocycles. The van der Waals surface area contributed by atoms with Crippen LogP contribution in [0.15, 0.2) is 28.9 Å². The molecule has 1 atom stereocenters. The van der Waals surface area contributed by atoms with Gasteiger partial charge in [-0.2, -0.15) is 5.10 Å². The number of nitrogens with one attached hydrogen (secondary N) is 1. The van der Waals surface area contributed by atoms with Crippen LogP contribution in [-0.2, 0) is 18.4 Å². The zero-order chi connectivity index (χ0) is 16.7. The van der Waals surface area contributed by atoms with Crippen LogP contribution in [0.4, 0.5) is 0 Å². The number of piperidine rings is 1. The fourth-order valence-corrected chi connectivity index (χ4v) is 4.03. The normalized spacial score (nSPS) is 23.8. The van der Waals surface area contributed by atoms with Crippen molar-refractivity contribution in [3.63, 3.8) is 0 Å². The average molecular weight is 328 g/mol. The van der Waals surface area contributed by atoms with Crippen LogP contribution < -0.4 is 5.32 Å². The van der Waals surface area contributed by atoms with Gasteiger partial charge in [-0.1, -0.05) is 0 Å². The van der Waals surface area contributed by atoms with E-state index in [0.29, 0.717) is 0 Å². The number of amides is 1. The van der Waals surface area contributed by atoms with Gasteiger partial charge in [-0.25, -0.2) is 0 Å². The molecule has 6 heteroatoms. The molecular weight excluding hydrogens is 304 g/mol. The van der Waals surface area contributed by atoms with Crippen LogP contribution in [0.5, 0.6) is 0 Å². The van der Waals surface area contributed by atoms with Gasteiger partial charge in [0.2, 0.25) is 5.91 Å². The van der Waals surface area contributed by atoms with Crippen molar-refractivity contribution in [3.05, 3.63) is 41.6 Å². The molecule has 2 aliphatic rings. The van der Waals surface area contributed by atoms with E-state index in [-0.39, 0.29) is 17.4 Å². The van der Waals surface area contributed by atoms with Crippen LogP contribution in [0.1, 0.15) is 42.3 Å². The maximum Gasteiger partial charge on any atom is 0.228 e. The summed E-state index contributed by atoms with van der Waals surface area (Å²) in [4.78, 5) is 14.9. The Morgan fingerprint density at radius 3 is 2.79 bits per heavy atom. The summed E-state index contributed by atoms with van der Waals surface area (Å²) in [6.07, 6.45) is 6.64. The second kappa shape index (κ2) is 5.77. The molecule has 1 N–H and O–H groups in total. The monoisotopic (exact) mass is 328 g/mol. The number of rotatable bonds is 3. The Morgan fingerprint density at radius 2 is 2.17 bits per heavy atom. The molecule has 0 radical (unpaired) electrons. The van der Waals surface area contributed by atoms with Crippen molar-refractivity contribution in [1.29, 1.82) is 0 Å². The Balaban J connectivity index is 1.39. The molecule has 0 saturated carbocycles. The van der Waals surface area contributed by atoms with E-state index < -0.39 is 0 Å². The number of hydrogen-bond donors (Lipinski definition) is 1. The van der Waals surface area contributed by atoms with Crippen molar-refractivity contribution in [3.8, 4) is 0 Å². The van der Waals surface area contributed by atoms with E-state index in [9.17, 15) is 4.79 Å². The van der Waals surface area contributed by atoms with Gasteiger partial charge in [0, 0.05) is 37.4 Å². The molecule has 2 fully saturated rings. The number of nitrogens with zero attached hydrogens (tertiary/aromatic N) is 3. The number of furan rings is 1. The Bertz CT molecular complexity index is 740. The largest absolute Gasteiger partial charge is 0.465 e. The van der Waals surface area contributed by atoms with Crippen molar-refractivity contribution in [2.75, 3.05) is 13.1 Å². The number of carbonyl (C=O) groups excluding carboxylic acids is 1. The van der Waals surface area contributed by atoms with Gasteiger partial charge in [0.05, 0.1) is 18.7 Å². The summed E-state index contributed by atoms with van der Waals surface area (Å²) in [6.45, 7) is 4.80. The zero-order valence-corrected chi connectivity index (χ0v) is 14.3. The van der Waals surface area contributed by atoms with Gasteiger partial charge in [0.25, 0.3) is 0 Å². The van der Waals surface area contributed by atoms with Crippen LogP contribution in [-0.4, -0.2) is 39.2 Å². The minimum atomic E-state index is -0.0574. The molecule has 24 heavy (non-hydrogen) atoms. The summed E-state index contributed by atoms with van der Waals surface area (Å²) in [6, 6.07) is 4.06. The fourth-order valence-electron chi connectivity index (χ4n) is 4.03. The van der Waals surface area contributed by atoms with Crippen molar-refractivity contribution in [2.24, 2.45) is 7.05 Å². The van der Waals surface area contributed by atoms with Crippen molar-refractivity contribution < 1.29 is 9.21 Å². The lowest BCUT2D eigenvalue weighted by Crippen LogP contribution is -2.50. The third kappa shape index (κ3) is 2.86. The van der Waals surface area contributed by atoms with Gasteiger partial charge >= 0.3 is 0 Å². The minimum Gasteiger partial charge on any atom is -0.465 e. The molecule has 1 spiro atoms. The molecule has 128 valence electrons. The van der Waals surface area contributed by atoms with E-state index in [4.69, 9.17) is 4.42 Å². The van der Waals surface area contributed by atoms with Crippen LogP contribution in [0.2, 0.25) is 0 Å². The van der Waals surface area contributed by atoms with E-state index in [1.807, 2.05) is 32.4 Å². The molecule has 2 saturated heterocycles. The Labute approximate surface area is 141 Å². The molecule has 2 aromatic rings. The average Bonchev–Trinajstić information content (AvgIpc) is 3.23. The summed E-state index contributed by atoms with van der Waals surface area (Å²) >= 11 is 0.